The summed E-state index contributed by atoms with van der Waals surface area (Å²) in [6.45, 7) is 15.1. The molecule has 2 fully saturated rings. The summed E-state index contributed by atoms with van der Waals surface area (Å²) in [7, 11) is 0. The first-order valence-electron chi connectivity index (χ1n) is 10.1. The third-order valence-electron chi connectivity index (χ3n) is 4.62. The van der Waals surface area contributed by atoms with E-state index in [2.05, 4.69) is 32.6 Å². The van der Waals surface area contributed by atoms with Crippen molar-refractivity contribution < 1.29 is 18.9 Å². The molecule has 26 heavy (non-hydrogen) atoms. The molecule has 2 aliphatic rings. The molecule has 0 spiro atoms. The fourth-order valence-electron chi connectivity index (χ4n) is 3.23. The van der Waals surface area contributed by atoms with E-state index in [0.29, 0.717) is 43.9 Å². The summed E-state index contributed by atoms with van der Waals surface area (Å²) >= 11 is 0. The van der Waals surface area contributed by atoms with Crippen molar-refractivity contribution in [1.82, 2.24) is 0 Å². The Kier molecular flexibility index (Phi) is 7.97. The van der Waals surface area contributed by atoms with E-state index < -0.39 is 0 Å². The maximum Gasteiger partial charge on any atom is 0.107 e. The molecule has 0 radical (unpaired) electrons. The molecule has 150 valence electrons. The molecule has 0 amide bonds. The number of hydrogen-bond donors (Lipinski definition) is 0. The van der Waals surface area contributed by atoms with Crippen molar-refractivity contribution in [3.05, 3.63) is 0 Å². The van der Waals surface area contributed by atoms with Crippen LogP contribution in [0.15, 0.2) is 0 Å². The van der Waals surface area contributed by atoms with E-state index in [9.17, 15) is 0 Å². The van der Waals surface area contributed by atoms with E-state index in [0.717, 1.165) is 32.3 Å². The monoisotopic (exact) mass is 366 g/mol. The summed E-state index contributed by atoms with van der Waals surface area (Å²) in [5.74, 6) is 7.65. The van der Waals surface area contributed by atoms with Gasteiger partial charge in [0.25, 0.3) is 0 Å². The summed E-state index contributed by atoms with van der Waals surface area (Å²) in [4.78, 5) is 0. The summed E-state index contributed by atoms with van der Waals surface area (Å²) < 4.78 is 23.0. The molecule has 4 heteroatoms. The maximum absolute atomic E-state index is 6.01. The molecule has 0 N–H and O–H groups in total. The normalized spacial score (nSPS) is 28.7. The van der Waals surface area contributed by atoms with Gasteiger partial charge in [-0.1, -0.05) is 11.8 Å². The second-order valence-electron chi connectivity index (χ2n) is 9.65. The Morgan fingerprint density at radius 3 is 2.15 bits per heavy atom. The first-order chi connectivity index (χ1) is 12.1. The molecule has 0 bridgehead atoms. The highest BCUT2D eigenvalue weighted by molar-refractivity contribution is 5.08. The molecule has 2 rings (SSSR count). The van der Waals surface area contributed by atoms with Crippen molar-refractivity contribution in [1.29, 1.82) is 0 Å². The first-order valence-corrected chi connectivity index (χ1v) is 10.1. The van der Waals surface area contributed by atoms with Gasteiger partial charge in [-0.2, -0.15) is 0 Å². The summed E-state index contributed by atoms with van der Waals surface area (Å²) in [5, 5.41) is 0. The maximum atomic E-state index is 6.01. The summed E-state index contributed by atoms with van der Waals surface area (Å²) in [6, 6.07) is 0. The van der Waals surface area contributed by atoms with Gasteiger partial charge in [-0.15, -0.1) is 0 Å². The average molecular weight is 367 g/mol. The summed E-state index contributed by atoms with van der Waals surface area (Å²) in [6.07, 6.45) is 5.20. The van der Waals surface area contributed by atoms with Crippen molar-refractivity contribution in [2.75, 3.05) is 26.4 Å². The molecule has 0 heterocycles. The largest absolute Gasteiger partial charge is 0.378 e. The fourth-order valence-corrected chi connectivity index (χ4v) is 3.23. The van der Waals surface area contributed by atoms with Crippen LogP contribution in [0.2, 0.25) is 0 Å². The van der Waals surface area contributed by atoms with Gasteiger partial charge in [-0.25, -0.2) is 0 Å². The zero-order chi connectivity index (χ0) is 19.2. The van der Waals surface area contributed by atoms with Gasteiger partial charge in [0.05, 0.1) is 36.6 Å². The molecule has 0 aromatic rings. The second kappa shape index (κ2) is 9.55. The predicted octanol–water partition coefficient (Wildman–Crippen LogP) is 4.21. The number of rotatable bonds is 8. The van der Waals surface area contributed by atoms with Crippen molar-refractivity contribution >= 4 is 0 Å². The summed E-state index contributed by atoms with van der Waals surface area (Å²) in [5.41, 5.74) is -0.142. The molecule has 2 saturated carbocycles. The highest BCUT2D eigenvalue weighted by Crippen LogP contribution is 2.35. The van der Waals surface area contributed by atoms with Crippen LogP contribution in [0.5, 0.6) is 0 Å². The third kappa shape index (κ3) is 8.86. The van der Waals surface area contributed by atoms with E-state index >= 15 is 0 Å². The predicted molar refractivity (Wildman–Crippen MR) is 104 cm³/mol. The van der Waals surface area contributed by atoms with Crippen LogP contribution in [0.25, 0.3) is 0 Å². The van der Waals surface area contributed by atoms with Crippen LogP contribution >= 0.6 is 0 Å². The van der Waals surface area contributed by atoms with E-state index in [1.54, 1.807) is 0 Å². The minimum atomic E-state index is -0.0991. The van der Waals surface area contributed by atoms with Gasteiger partial charge in [0.15, 0.2) is 0 Å². The second-order valence-corrected chi connectivity index (χ2v) is 9.65. The number of ether oxygens (including phenoxy) is 4. The SMILES string of the molecule is CC(C)(C)OCCOCC#CC1CC(COC2CC(OC(C)(C)C)C2)C1. The molecule has 2 aliphatic carbocycles. The van der Waals surface area contributed by atoms with Crippen molar-refractivity contribution in [3.8, 4) is 11.8 Å². The van der Waals surface area contributed by atoms with Crippen LogP contribution in [0.1, 0.15) is 67.2 Å². The molecule has 0 aromatic carbocycles. The third-order valence-corrected chi connectivity index (χ3v) is 4.62. The van der Waals surface area contributed by atoms with Crippen LogP contribution in [-0.2, 0) is 18.9 Å². The minimum absolute atomic E-state index is 0.0428. The van der Waals surface area contributed by atoms with E-state index in [1.165, 1.54) is 0 Å². The van der Waals surface area contributed by atoms with Gasteiger partial charge in [0, 0.05) is 12.5 Å². The number of hydrogen-bond acceptors (Lipinski definition) is 4. The van der Waals surface area contributed by atoms with Gasteiger partial charge < -0.3 is 18.9 Å². The van der Waals surface area contributed by atoms with Crippen LogP contribution in [0.3, 0.4) is 0 Å². The van der Waals surface area contributed by atoms with Crippen LogP contribution in [0.4, 0.5) is 0 Å². The standard InChI is InChI=1S/C22H38O4/c1-21(2,3)25-11-10-23-9-7-8-17-12-18(13-17)16-24-19-14-20(15-19)26-22(4,5)6/h17-20H,9-16H2,1-6H3. The quantitative estimate of drug-likeness (QED) is 0.476. The lowest BCUT2D eigenvalue weighted by molar-refractivity contribution is -0.154. The molecule has 0 aromatic heterocycles. The molecule has 0 atom stereocenters. The van der Waals surface area contributed by atoms with E-state index in [-0.39, 0.29) is 11.2 Å². The molecular weight excluding hydrogens is 328 g/mol. The Balaban J connectivity index is 1.42. The van der Waals surface area contributed by atoms with Crippen molar-refractivity contribution in [3.63, 3.8) is 0 Å². The van der Waals surface area contributed by atoms with Crippen molar-refractivity contribution in [2.24, 2.45) is 11.8 Å². The Morgan fingerprint density at radius 1 is 0.846 bits per heavy atom. The Hall–Kier alpha value is -0.600. The van der Waals surface area contributed by atoms with Gasteiger partial charge in [0.2, 0.25) is 0 Å². The first kappa shape index (κ1) is 21.7. The van der Waals surface area contributed by atoms with E-state index in [4.69, 9.17) is 18.9 Å². The minimum Gasteiger partial charge on any atom is -0.378 e. The van der Waals surface area contributed by atoms with Crippen LogP contribution in [0, 0.1) is 23.7 Å². The van der Waals surface area contributed by atoms with Crippen LogP contribution in [-0.4, -0.2) is 49.8 Å². The molecule has 0 unspecified atom stereocenters. The fraction of sp³-hybridized carbons (Fsp3) is 0.909. The van der Waals surface area contributed by atoms with Gasteiger partial charge in [0.1, 0.15) is 6.61 Å². The zero-order valence-electron chi connectivity index (χ0n) is 17.6. The van der Waals surface area contributed by atoms with Crippen molar-refractivity contribution in [2.45, 2.75) is 90.6 Å². The van der Waals surface area contributed by atoms with Gasteiger partial charge in [-0.3, -0.25) is 0 Å². The van der Waals surface area contributed by atoms with E-state index in [1.807, 2.05) is 20.8 Å². The van der Waals surface area contributed by atoms with Gasteiger partial charge in [-0.05, 0) is 73.1 Å². The highest BCUT2D eigenvalue weighted by Gasteiger charge is 2.35. The van der Waals surface area contributed by atoms with Crippen LogP contribution < -0.4 is 0 Å². The topological polar surface area (TPSA) is 36.9 Å². The van der Waals surface area contributed by atoms with Gasteiger partial charge >= 0.3 is 0 Å². The smallest absolute Gasteiger partial charge is 0.107 e. The Labute approximate surface area is 160 Å². The Morgan fingerprint density at radius 2 is 1.54 bits per heavy atom. The molecule has 0 aliphatic heterocycles. The Bertz CT molecular complexity index is 465. The average Bonchev–Trinajstić information content (AvgIpc) is 2.41. The molecular formula is C22H38O4. The lowest BCUT2D eigenvalue weighted by atomic mass is 9.75. The molecule has 0 saturated heterocycles. The zero-order valence-corrected chi connectivity index (χ0v) is 17.6. The lowest BCUT2D eigenvalue weighted by Crippen LogP contribution is -2.43. The molecule has 4 nitrogen and oxygen atoms in total. The highest BCUT2D eigenvalue weighted by atomic mass is 16.5. The lowest BCUT2D eigenvalue weighted by Gasteiger charge is -2.40.